The summed E-state index contributed by atoms with van der Waals surface area (Å²) < 4.78 is 135. The van der Waals surface area contributed by atoms with Gasteiger partial charge in [0.05, 0.1) is 17.7 Å². The summed E-state index contributed by atoms with van der Waals surface area (Å²) in [7, 11) is 0. The minimum Gasteiger partial charge on any atom is -0.394 e. The van der Waals surface area contributed by atoms with Crippen molar-refractivity contribution >= 4 is 0 Å². The maximum Gasteiger partial charge on any atom is 0.200 e. The summed E-state index contributed by atoms with van der Waals surface area (Å²) in [4.78, 5) is 0. The Morgan fingerprint density at radius 1 is 0.500 bits per heavy atom. The molecular weight excluding hydrogens is 388 g/mol. The number of benzene rings is 2. The zero-order valence-corrected chi connectivity index (χ0v) is 12.0. The fourth-order valence-corrected chi connectivity index (χ4v) is 2.28. The Labute approximate surface area is 137 Å². The Balaban J connectivity index is 3.03. The van der Waals surface area contributed by atoms with E-state index < -0.39 is 81.4 Å². The number of nitrogens with two attached hydrogens (primary N) is 1. The number of aliphatic hydroxyl groups excluding tert-OH is 1. The van der Waals surface area contributed by atoms with Crippen molar-refractivity contribution in [1.29, 1.82) is 0 Å². The van der Waals surface area contributed by atoms with E-state index in [-0.39, 0.29) is 0 Å². The highest BCUT2D eigenvalue weighted by Gasteiger charge is 2.45. The first-order valence-corrected chi connectivity index (χ1v) is 6.35. The summed E-state index contributed by atoms with van der Waals surface area (Å²) >= 11 is 0. The molecule has 0 spiro atoms. The van der Waals surface area contributed by atoms with Crippen molar-refractivity contribution in [2.24, 2.45) is 5.73 Å². The molecule has 0 radical (unpaired) electrons. The first-order valence-electron chi connectivity index (χ1n) is 6.35. The lowest BCUT2D eigenvalue weighted by atomic mass is 9.82. The Morgan fingerprint density at radius 2 is 0.692 bits per heavy atom. The highest BCUT2D eigenvalue weighted by molar-refractivity contribution is 5.43. The van der Waals surface area contributed by atoms with Gasteiger partial charge in [-0.15, -0.1) is 0 Å². The number of hydrogen-bond acceptors (Lipinski definition) is 2. The quantitative estimate of drug-likeness (QED) is 0.478. The van der Waals surface area contributed by atoms with Gasteiger partial charge >= 0.3 is 0 Å². The standard InChI is InChI=1S/C14H5F10NO/c15-4-2(5(16)9(20)12(23)8(4)19)14(25,1-26)3-6(17)10(21)13(24)11(22)7(3)18/h26H,1,25H2. The van der Waals surface area contributed by atoms with Crippen molar-refractivity contribution in [3.63, 3.8) is 0 Å². The maximum absolute atomic E-state index is 13.9. The van der Waals surface area contributed by atoms with E-state index in [1.54, 1.807) is 0 Å². The van der Waals surface area contributed by atoms with Gasteiger partial charge in [0.2, 0.25) is 11.6 Å². The lowest BCUT2D eigenvalue weighted by Gasteiger charge is -2.30. The van der Waals surface area contributed by atoms with Crippen LogP contribution in [0, 0.1) is 58.2 Å². The van der Waals surface area contributed by atoms with Gasteiger partial charge in [0.25, 0.3) is 0 Å². The second-order valence-corrected chi connectivity index (χ2v) is 5.02. The minimum absolute atomic E-state index is 1.98. The third-order valence-electron chi connectivity index (χ3n) is 3.56. The predicted octanol–water partition coefficient (Wildman–Crippen LogP) is 3.27. The molecule has 0 aromatic heterocycles. The summed E-state index contributed by atoms with van der Waals surface area (Å²) in [6.45, 7) is -1.98. The Hall–Kier alpha value is -2.34. The van der Waals surface area contributed by atoms with Gasteiger partial charge in [-0.05, 0) is 0 Å². The molecule has 0 saturated carbocycles. The molecule has 0 aliphatic heterocycles. The van der Waals surface area contributed by atoms with Crippen LogP contribution in [0.5, 0.6) is 0 Å². The van der Waals surface area contributed by atoms with Gasteiger partial charge in [0.15, 0.2) is 46.5 Å². The molecule has 26 heavy (non-hydrogen) atoms. The Kier molecular flexibility index (Phi) is 4.94. The van der Waals surface area contributed by atoms with Gasteiger partial charge in [0.1, 0.15) is 5.54 Å². The molecule has 2 rings (SSSR count). The van der Waals surface area contributed by atoms with E-state index in [9.17, 15) is 49.0 Å². The molecule has 2 nitrogen and oxygen atoms in total. The zero-order valence-electron chi connectivity index (χ0n) is 12.0. The molecule has 12 heteroatoms. The molecule has 3 N–H and O–H groups in total. The molecule has 2 aromatic carbocycles. The highest BCUT2D eigenvalue weighted by atomic mass is 19.2. The Morgan fingerprint density at radius 3 is 0.885 bits per heavy atom. The monoisotopic (exact) mass is 393 g/mol. The fourth-order valence-electron chi connectivity index (χ4n) is 2.28. The van der Waals surface area contributed by atoms with E-state index >= 15 is 0 Å². The molecular formula is C14H5F10NO. The van der Waals surface area contributed by atoms with Crippen LogP contribution in [0.2, 0.25) is 0 Å². The summed E-state index contributed by atoms with van der Waals surface area (Å²) in [6, 6.07) is 0. The van der Waals surface area contributed by atoms with Gasteiger partial charge in [-0.25, -0.2) is 43.9 Å². The highest BCUT2D eigenvalue weighted by Crippen LogP contribution is 2.38. The van der Waals surface area contributed by atoms with Crippen LogP contribution in [0.25, 0.3) is 0 Å². The summed E-state index contributed by atoms with van der Waals surface area (Å²) in [6.07, 6.45) is 0. The zero-order chi connectivity index (χ0) is 20.1. The van der Waals surface area contributed by atoms with Crippen LogP contribution in [0.4, 0.5) is 43.9 Å². The molecule has 0 aliphatic rings. The molecule has 0 amide bonds. The maximum atomic E-state index is 13.9. The molecule has 0 atom stereocenters. The van der Waals surface area contributed by atoms with E-state index in [2.05, 4.69) is 0 Å². The topological polar surface area (TPSA) is 46.2 Å². The third kappa shape index (κ3) is 2.51. The normalized spacial score (nSPS) is 12.0. The lowest BCUT2D eigenvalue weighted by Crippen LogP contribution is -2.46. The molecule has 0 saturated heterocycles. The van der Waals surface area contributed by atoms with Crippen molar-refractivity contribution < 1.29 is 49.0 Å². The van der Waals surface area contributed by atoms with E-state index in [1.807, 2.05) is 0 Å². The fraction of sp³-hybridized carbons (Fsp3) is 0.143. The van der Waals surface area contributed by atoms with Gasteiger partial charge in [-0.2, -0.15) is 0 Å². The lowest BCUT2D eigenvalue weighted by molar-refractivity contribution is 0.200. The molecule has 2 aromatic rings. The summed E-state index contributed by atoms with van der Waals surface area (Å²) in [5.74, 6) is -26.6. The number of rotatable bonds is 3. The van der Waals surface area contributed by atoms with Crippen molar-refractivity contribution in [3.8, 4) is 0 Å². The SMILES string of the molecule is NC(CO)(c1c(F)c(F)c(F)c(F)c1F)c1c(F)c(F)c(F)c(F)c1F. The van der Waals surface area contributed by atoms with Crippen LogP contribution < -0.4 is 5.73 Å². The molecule has 0 unspecified atom stereocenters. The molecule has 0 fully saturated rings. The van der Waals surface area contributed by atoms with Crippen LogP contribution in [0.1, 0.15) is 11.1 Å². The average molecular weight is 393 g/mol. The molecule has 142 valence electrons. The third-order valence-corrected chi connectivity index (χ3v) is 3.56. The number of aliphatic hydroxyl groups is 1. The molecule has 0 heterocycles. The summed E-state index contributed by atoms with van der Waals surface area (Å²) in [5.41, 5.74) is -2.87. The smallest absolute Gasteiger partial charge is 0.200 e. The Bertz CT molecular complexity index is 786. The van der Waals surface area contributed by atoms with E-state index in [4.69, 9.17) is 5.73 Å². The molecule has 0 bridgehead atoms. The van der Waals surface area contributed by atoms with E-state index in [1.165, 1.54) is 0 Å². The van der Waals surface area contributed by atoms with Gasteiger partial charge in [0, 0.05) is 0 Å². The van der Waals surface area contributed by atoms with Gasteiger partial charge < -0.3 is 10.8 Å². The first kappa shape index (κ1) is 20.0. The van der Waals surface area contributed by atoms with Crippen molar-refractivity contribution in [3.05, 3.63) is 69.3 Å². The average Bonchev–Trinajstić information content (AvgIpc) is 2.61. The van der Waals surface area contributed by atoms with Gasteiger partial charge in [-0.1, -0.05) is 0 Å². The number of hydrogen-bond donors (Lipinski definition) is 2. The van der Waals surface area contributed by atoms with Crippen molar-refractivity contribution in [1.82, 2.24) is 0 Å². The van der Waals surface area contributed by atoms with Crippen molar-refractivity contribution in [2.75, 3.05) is 6.61 Å². The second-order valence-electron chi connectivity index (χ2n) is 5.02. The van der Waals surface area contributed by atoms with Gasteiger partial charge in [-0.3, -0.25) is 0 Å². The molecule has 0 aliphatic carbocycles. The van der Waals surface area contributed by atoms with Crippen LogP contribution >= 0.6 is 0 Å². The number of halogens is 10. The minimum atomic E-state index is -3.70. The van der Waals surface area contributed by atoms with E-state index in [0.717, 1.165) is 0 Å². The first-order chi connectivity index (χ1) is 11.9. The predicted molar refractivity (Wildman–Crippen MR) is 64.5 cm³/mol. The van der Waals surface area contributed by atoms with Crippen LogP contribution in [0.15, 0.2) is 0 Å². The summed E-state index contributed by atoms with van der Waals surface area (Å²) in [5, 5.41) is 9.22. The van der Waals surface area contributed by atoms with Crippen LogP contribution in [0.3, 0.4) is 0 Å². The largest absolute Gasteiger partial charge is 0.394 e. The van der Waals surface area contributed by atoms with E-state index in [0.29, 0.717) is 0 Å². The van der Waals surface area contributed by atoms with Crippen LogP contribution in [-0.2, 0) is 5.54 Å². The van der Waals surface area contributed by atoms with Crippen LogP contribution in [-0.4, -0.2) is 11.7 Å². The van der Waals surface area contributed by atoms with Crippen molar-refractivity contribution in [2.45, 2.75) is 5.54 Å². The second kappa shape index (κ2) is 6.43.